The fraction of sp³-hybridized carbons (Fsp3) is 0.400. The standard InChI is InChI=1S/C10H18N4/c11-5-9(13)7-2-1-3-8(4-7)10(14)6-12/h1-4,9-10H,5-6,11-14H2. The van der Waals surface area contributed by atoms with Crippen LogP contribution in [0.1, 0.15) is 23.2 Å². The second-order valence-electron chi connectivity index (χ2n) is 3.35. The van der Waals surface area contributed by atoms with Crippen molar-refractivity contribution in [2.24, 2.45) is 22.9 Å². The normalized spacial score (nSPS) is 15.1. The van der Waals surface area contributed by atoms with Crippen molar-refractivity contribution in [2.45, 2.75) is 12.1 Å². The molecule has 0 heterocycles. The lowest BCUT2D eigenvalue weighted by Gasteiger charge is -2.13. The number of hydrogen-bond acceptors (Lipinski definition) is 4. The molecule has 78 valence electrons. The summed E-state index contributed by atoms with van der Waals surface area (Å²) in [4.78, 5) is 0. The van der Waals surface area contributed by atoms with Crippen molar-refractivity contribution < 1.29 is 0 Å². The minimum Gasteiger partial charge on any atom is -0.329 e. The van der Waals surface area contributed by atoms with Crippen molar-refractivity contribution in [2.75, 3.05) is 13.1 Å². The topological polar surface area (TPSA) is 104 Å². The lowest BCUT2D eigenvalue weighted by Crippen LogP contribution is -2.23. The molecule has 0 aromatic heterocycles. The molecule has 2 atom stereocenters. The van der Waals surface area contributed by atoms with Gasteiger partial charge in [0.15, 0.2) is 0 Å². The van der Waals surface area contributed by atoms with Crippen molar-refractivity contribution in [3.8, 4) is 0 Å². The van der Waals surface area contributed by atoms with Crippen LogP contribution in [-0.2, 0) is 0 Å². The second kappa shape index (κ2) is 5.07. The zero-order valence-corrected chi connectivity index (χ0v) is 8.19. The number of nitrogens with two attached hydrogens (primary N) is 4. The molecule has 1 rings (SSSR count). The third kappa shape index (κ3) is 2.52. The minimum absolute atomic E-state index is 0.125. The molecule has 0 saturated carbocycles. The van der Waals surface area contributed by atoms with Crippen molar-refractivity contribution in [3.63, 3.8) is 0 Å². The maximum absolute atomic E-state index is 5.81. The van der Waals surface area contributed by atoms with Gasteiger partial charge < -0.3 is 22.9 Å². The molecule has 4 heteroatoms. The summed E-state index contributed by atoms with van der Waals surface area (Å²) in [5.74, 6) is 0. The molecule has 0 aliphatic carbocycles. The Hall–Kier alpha value is -0.940. The molecule has 0 aliphatic heterocycles. The van der Waals surface area contributed by atoms with E-state index in [2.05, 4.69) is 0 Å². The summed E-state index contributed by atoms with van der Waals surface area (Å²) >= 11 is 0. The highest BCUT2D eigenvalue weighted by atomic mass is 14.7. The first-order valence-corrected chi connectivity index (χ1v) is 4.70. The Morgan fingerprint density at radius 2 is 1.36 bits per heavy atom. The number of benzene rings is 1. The zero-order valence-electron chi connectivity index (χ0n) is 8.19. The van der Waals surface area contributed by atoms with Gasteiger partial charge in [-0.25, -0.2) is 0 Å². The fourth-order valence-electron chi connectivity index (χ4n) is 1.29. The average Bonchev–Trinajstić information content (AvgIpc) is 2.27. The van der Waals surface area contributed by atoms with E-state index in [0.717, 1.165) is 11.1 Å². The van der Waals surface area contributed by atoms with Crippen LogP contribution in [0.4, 0.5) is 0 Å². The highest BCUT2D eigenvalue weighted by molar-refractivity contribution is 5.28. The molecule has 1 aromatic carbocycles. The summed E-state index contributed by atoms with van der Waals surface area (Å²) in [5.41, 5.74) is 24.6. The Labute approximate surface area is 84.3 Å². The molecule has 0 spiro atoms. The molecule has 0 fully saturated rings. The summed E-state index contributed by atoms with van der Waals surface area (Å²) < 4.78 is 0. The van der Waals surface area contributed by atoms with Gasteiger partial charge in [0.25, 0.3) is 0 Å². The van der Waals surface area contributed by atoms with E-state index in [0.29, 0.717) is 13.1 Å². The van der Waals surface area contributed by atoms with Crippen LogP contribution in [0.2, 0.25) is 0 Å². The van der Waals surface area contributed by atoms with E-state index >= 15 is 0 Å². The molecule has 0 amide bonds. The van der Waals surface area contributed by atoms with Gasteiger partial charge in [0.1, 0.15) is 0 Å². The predicted octanol–water partition coefficient (Wildman–Crippen LogP) is -0.396. The van der Waals surface area contributed by atoms with Crippen LogP contribution < -0.4 is 22.9 Å². The summed E-state index contributed by atoms with van der Waals surface area (Å²) in [7, 11) is 0. The fourth-order valence-corrected chi connectivity index (χ4v) is 1.29. The van der Waals surface area contributed by atoms with E-state index in [1.54, 1.807) is 0 Å². The molecule has 0 saturated heterocycles. The first-order valence-electron chi connectivity index (χ1n) is 4.70. The van der Waals surface area contributed by atoms with Crippen LogP contribution in [0.3, 0.4) is 0 Å². The highest BCUT2D eigenvalue weighted by Crippen LogP contribution is 2.15. The Morgan fingerprint density at radius 1 is 0.929 bits per heavy atom. The lowest BCUT2D eigenvalue weighted by atomic mass is 10.0. The van der Waals surface area contributed by atoms with Gasteiger partial charge in [-0.05, 0) is 11.1 Å². The van der Waals surface area contributed by atoms with E-state index in [-0.39, 0.29) is 12.1 Å². The van der Waals surface area contributed by atoms with E-state index < -0.39 is 0 Å². The van der Waals surface area contributed by atoms with Crippen molar-refractivity contribution in [3.05, 3.63) is 35.4 Å². The second-order valence-corrected chi connectivity index (χ2v) is 3.35. The van der Waals surface area contributed by atoms with Crippen molar-refractivity contribution in [1.29, 1.82) is 0 Å². The maximum atomic E-state index is 5.81. The number of rotatable bonds is 4. The number of hydrogen-bond donors (Lipinski definition) is 4. The third-order valence-corrected chi connectivity index (χ3v) is 2.27. The van der Waals surface area contributed by atoms with Crippen LogP contribution >= 0.6 is 0 Å². The van der Waals surface area contributed by atoms with Crippen LogP contribution in [0.5, 0.6) is 0 Å². The van der Waals surface area contributed by atoms with Gasteiger partial charge in [0.05, 0.1) is 0 Å². The first-order chi connectivity index (χ1) is 6.69. The van der Waals surface area contributed by atoms with E-state index in [4.69, 9.17) is 22.9 Å². The van der Waals surface area contributed by atoms with E-state index in [1.165, 1.54) is 0 Å². The summed E-state index contributed by atoms with van der Waals surface area (Å²) in [6, 6.07) is 7.54. The molecule has 4 nitrogen and oxygen atoms in total. The molecule has 0 aliphatic rings. The molecule has 0 radical (unpaired) electrons. The molecular formula is C10H18N4. The summed E-state index contributed by atoms with van der Waals surface area (Å²) in [6.07, 6.45) is 0. The van der Waals surface area contributed by atoms with Crippen LogP contribution in [-0.4, -0.2) is 13.1 Å². The van der Waals surface area contributed by atoms with Gasteiger partial charge >= 0.3 is 0 Å². The Bertz CT molecular complexity index is 262. The SMILES string of the molecule is NCC(N)c1cccc(C(N)CN)c1. The van der Waals surface area contributed by atoms with E-state index in [9.17, 15) is 0 Å². The van der Waals surface area contributed by atoms with Gasteiger partial charge in [-0.1, -0.05) is 24.3 Å². The summed E-state index contributed by atoms with van der Waals surface area (Å²) in [5, 5.41) is 0. The van der Waals surface area contributed by atoms with Gasteiger partial charge in [-0.2, -0.15) is 0 Å². The van der Waals surface area contributed by atoms with Crippen LogP contribution in [0, 0.1) is 0 Å². The lowest BCUT2D eigenvalue weighted by molar-refractivity contribution is 0.714. The zero-order chi connectivity index (χ0) is 10.6. The van der Waals surface area contributed by atoms with Crippen molar-refractivity contribution in [1.82, 2.24) is 0 Å². The van der Waals surface area contributed by atoms with Gasteiger partial charge in [0, 0.05) is 25.2 Å². The smallest absolute Gasteiger partial charge is 0.0419 e. The average molecular weight is 194 g/mol. The van der Waals surface area contributed by atoms with Gasteiger partial charge in [-0.15, -0.1) is 0 Å². The molecular weight excluding hydrogens is 176 g/mol. The molecule has 14 heavy (non-hydrogen) atoms. The predicted molar refractivity (Wildman–Crippen MR) is 58.4 cm³/mol. The molecule has 1 aromatic rings. The summed E-state index contributed by atoms with van der Waals surface area (Å²) in [6.45, 7) is 0.864. The first kappa shape index (κ1) is 11.1. The Morgan fingerprint density at radius 3 is 1.71 bits per heavy atom. The molecule has 0 bridgehead atoms. The molecule has 2 unspecified atom stereocenters. The molecule has 8 N–H and O–H groups in total. The Kier molecular flexibility index (Phi) is 4.03. The van der Waals surface area contributed by atoms with Gasteiger partial charge in [0.2, 0.25) is 0 Å². The quantitative estimate of drug-likeness (QED) is 0.523. The van der Waals surface area contributed by atoms with Crippen molar-refractivity contribution >= 4 is 0 Å². The highest BCUT2D eigenvalue weighted by Gasteiger charge is 2.07. The third-order valence-electron chi connectivity index (χ3n) is 2.27. The van der Waals surface area contributed by atoms with Crippen LogP contribution in [0.25, 0.3) is 0 Å². The minimum atomic E-state index is -0.125. The maximum Gasteiger partial charge on any atom is 0.0419 e. The Balaban J connectivity index is 2.89. The van der Waals surface area contributed by atoms with E-state index in [1.807, 2.05) is 24.3 Å². The largest absolute Gasteiger partial charge is 0.329 e. The van der Waals surface area contributed by atoms with Crippen LogP contribution in [0.15, 0.2) is 24.3 Å². The monoisotopic (exact) mass is 194 g/mol. The van der Waals surface area contributed by atoms with Gasteiger partial charge in [-0.3, -0.25) is 0 Å².